The van der Waals surface area contributed by atoms with E-state index in [0.717, 1.165) is 24.8 Å². The van der Waals surface area contributed by atoms with Gasteiger partial charge in [0.25, 0.3) is 0 Å². The average Bonchev–Trinajstić information content (AvgIpc) is 2.56. The highest BCUT2D eigenvalue weighted by atomic mass is 16.5. The minimum Gasteiger partial charge on any atom is -0.497 e. The molecule has 118 valence electrons. The number of hydrogen-bond donors (Lipinski definition) is 1. The summed E-state index contributed by atoms with van der Waals surface area (Å²) in [5.74, 6) is 1.78. The molecule has 0 spiro atoms. The fourth-order valence-electron chi connectivity index (χ4n) is 3.39. The van der Waals surface area contributed by atoms with Gasteiger partial charge < -0.3 is 10.1 Å². The van der Waals surface area contributed by atoms with E-state index >= 15 is 0 Å². The summed E-state index contributed by atoms with van der Waals surface area (Å²) in [5, 5.41) is 5.84. The predicted octanol–water partition coefficient (Wildman–Crippen LogP) is 3.28. The summed E-state index contributed by atoms with van der Waals surface area (Å²) in [4.78, 5) is 2.58. The number of piperidine rings is 1. The van der Waals surface area contributed by atoms with Crippen molar-refractivity contribution in [1.29, 1.82) is 0 Å². The predicted molar refractivity (Wildman–Crippen MR) is 92.4 cm³/mol. The minimum atomic E-state index is 0.852. The zero-order valence-corrected chi connectivity index (χ0v) is 13.6. The van der Waals surface area contributed by atoms with Gasteiger partial charge in [-0.05, 0) is 80.0 Å². The van der Waals surface area contributed by atoms with Gasteiger partial charge in [0.15, 0.2) is 0 Å². The van der Waals surface area contributed by atoms with E-state index < -0.39 is 0 Å². The number of rotatable bonds is 5. The molecule has 0 atom stereocenters. The van der Waals surface area contributed by atoms with Gasteiger partial charge in [-0.25, -0.2) is 0 Å². The Morgan fingerprint density at radius 2 is 1.82 bits per heavy atom. The van der Waals surface area contributed by atoms with Gasteiger partial charge in [0.1, 0.15) is 5.75 Å². The van der Waals surface area contributed by atoms with Gasteiger partial charge in [-0.15, -0.1) is 0 Å². The molecular weight excluding hydrogens is 272 g/mol. The SMILES string of the molecule is CNCC1CCN(Cc2ccc3cc(OC)ccc3c2)CC1. The summed E-state index contributed by atoms with van der Waals surface area (Å²) in [5.41, 5.74) is 1.41. The van der Waals surface area contributed by atoms with Crippen LogP contribution in [-0.2, 0) is 6.54 Å². The van der Waals surface area contributed by atoms with Gasteiger partial charge in [0.05, 0.1) is 7.11 Å². The van der Waals surface area contributed by atoms with E-state index in [4.69, 9.17) is 4.74 Å². The standard InChI is InChI=1S/C19H26N2O/c1-20-13-15-7-9-21(10-8-15)14-16-3-4-18-12-19(22-2)6-5-17(18)11-16/h3-6,11-12,15,20H,7-10,13-14H2,1-2H3. The molecule has 0 aliphatic carbocycles. The summed E-state index contributed by atoms with van der Waals surface area (Å²) < 4.78 is 5.29. The second-order valence-electron chi connectivity index (χ2n) is 6.32. The largest absolute Gasteiger partial charge is 0.497 e. The summed E-state index contributed by atoms with van der Waals surface area (Å²) in [6.07, 6.45) is 2.62. The highest BCUT2D eigenvalue weighted by Gasteiger charge is 2.18. The molecule has 1 N–H and O–H groups in total. The summed E-state index contributed by atoms with van der Waals surface area (Å²) in [6, 6.07) is 13.1. The van der Waals surface area contributed by atoms with Crippen LogP contribution in [0.3, 0.4) is 0 Å². The average molecular weight is 298 g/mol. The molecule has 3 rings (SSSR count). The fraction of sp³-hybridized carbons (Fsp3) is 0.474. The quantitative estimate of drug-likeness (QED) is 0.917. The molecule has 2 aromatic carbocycles. The Morgan fingerprint density at radius 1 is 1.09 bits per heavy atom. The van der Waals surface area contributed by atoms with Gasteiger partial charge >= 0.3 is 0 Å². The van der Waals surface area contributed by atoms with Gasteiger partial charge in [-0.2, -0.15) is 0 Å². The third-order valence-corrected chi connectivity index (χ3v) is 4.72. The maximum atomic E-state index is 5.29. The monoisotopic (exact) mass is 298 g/mol. The first kappa shape index (κ1) is 15.3. The van der Waals surface area contributed by atoms with Crippen molar-refractivity contribution in [3.8, 4) is 5.75 Å². The van der Waals surface area contributed by atoms with Gasteiger partial charge in [0.2, 0.25) is 0 Å². The number of nitrogens with zero attached hydrogens (tertiary/aromatic N) is 1. The van der Waals surface area contributed by atoms with Crippen LogP contribution in [0.15, 0.2) is 36.4 Å². The molecule has 0 bridgehead atoms. The smallest absolute Gasteiger partial charge is 0.119 e. The Labute approximate surface area is 133 Å². The lowest BCUT2D eigenvalue weighted by Crippen LogP contribution is -2.36. The maximum Gasteiger partial charge on any atom is 0.119 e. The zero-order chi connectivity index (χ0) is 15.4. The third-order valence-electron chi connectivity index (χ3n) is 4.72. The number of hydrogen-bond acceptors (Lipinski definition) is 3. The van der Waals surface area contributed by atoms with Crippen molar-refractivity contribution in [2.24, 2.45) is 5.92 Å². The molecule has 1 aliphatic rings. The van der Waals surface area contributed by atoms with Crippen LogP contribution in [0.5, 0.6) is 5.75 Å². The van der Waals surface area contributed by atoms with E-state index in [2.05, 4.69) is 47.6 Å². The van der Waals surface area contributed by atoms with Crippen molar-refractivity contribution < 1.29 is 4.74 Å². The number of likely N-dealkylation sites (tertiary alicyclic amines) is 1. The Bertz CT molecular complexity index is 618. The molecule has 3 heteroatoms. The fourth-order valence-corrected chi connectivity index (χ4v) is 3.39. The molecule has 0 aromatic heterocycles. The number of fused-ring (bicyclic) bond motifs is 1. The number of ether oxygens (including phenoxy) is 1. The molecule has 1 heterocycles. The minimum absolute atomic E-state index is 0.852. The summed E-state index contributed by atoms with van der Waals surface area (Å²) in [6.45, 7) is 4.65. The van der Waals surface area contributed by atoms with Crippen LogP contribution >= 0.6 is 0 Å². The van der Waals surface area contributed by atoms with Crippen molar-refractivity contribution in [2.45, 2.75) is 19.4 Å². The van der Waals surface area contributed by atoms with E-state index in [1.807, 2.05) is 6.07 Å². The molecule has 1 saturated heterocycles. The molecule has 0 amide bonds. The van der Waals surface area contributed by atoms with Gasteiger partial charge in [-0.3, -0.25) is 4.90 Å². The maximum absolute atomic E-state index is 5.29. The normalized spacial score (nSPS) is 17.0. The first-order valence-electron chi connectivity index (χ1n) is 8.22. The summed E-state index contributed by atoms with van der Waals surface area (Å²) in [7, 11) is 3.77. The molecule has 3 nitrogen and oxygen atoms in total. The van der Waals surface area contributed by atoms with Crippen LogP contribution in [0, 0.1) is 5.92 Å². The highest BCUT2D eigenvalue weighted by molar-refractivity contribution is 5.84. The lowest BCUT2D eigenvalue weighted by Gasteiger charge is -2.31. The lowest BCUT2D eigenvalue weighted by molar-refractivity contribution is 0.177. The van der Waals surface area contributed by atoms with Gasteiger partial charge in [-0.1, -0.05) is 18.2 Å². The van der Waals surface area contributed by atoms with Crippen LogP contribution in [0.1, 0.15) is 18.4 Å². The highest BCUT2D eigenvalue weighted by Crippen LogP contribution is 2.23. The van der Waals surface area contributed by atoms with Crippen LogP contribution in [0.4, 0.5) is 0 Å². The molecule has 1 aliphatic heterocycles. The first-order chi connectivity index (χ1) is 10.8. The Hall–Kier alpha value is -1.58. The molecule has 0 radical (unpaired) electrons. The van der Waals surface area contributed by atoms with Crippen molar-refractivity contribution in [3.63, 3.8) is 0 Å². The van der Waals surface area contributed by atoms with Crippen molar-refractivity contribution in [1.82, 2.24) is 10.2 Å². The Kier molecular flexibility index (Phi) is 4.96. The summed E-state index contributed by atoms with van der Waals surface area (Å²) >= 11 is 0. The molecule has 2 aromatic rings. The van der Waals surface area contributed by atoms with Crippen LogP contribution in [0.2, 0.25) is 0 Å². The van der Waals surface area contributed by atoms with E-state index in [-0.39, 0.29) is 0 Å². The molecular formula is C19H26N2O. The van der Waals surface area contributed by atoms with E-state index in [0.29, 0.717) is 0 Å². The Morgan fingerprint density at radius 3 is 2.55 bits per heavy atom. The topological polar surface area (TPSA) is 24.5 Å². The zero-order valence-electron chi connectivity index (χ0n) is 13.6. The van der Waals surface area contributed by atoms with E-state index in [9.17, 15) is 0 Å². The number of nitrogens with one attached hydrogen (secondary N) is 1. The van der Waals surface area contributed by atoms with Crippen molar-refractivity contribution in [2.75, 3.05) is 33.8 Å². The number of benzene rings is 2. The van der Waals surface area contributed by atoms with Crippen molar-refractivity contribution >= 4 is 10.8 Å². The second-order valence-corrected chi connectivity index (χ2v) is 6.32. The molecule has 1 fully saturated rings. The van der Waals surface area contributed by atoms with Crippen LogP contribution < -0.4 is 10.1 Å². The number of methoxy groups -OCH3 is 1. The van der Waals surface area contributed by atoms with E-state index in [1.165, 1.54) is 42.3 Å². The van der Waals surface area contributed by atoms with Crippen LogP contribution in [0.25, 0.3) is 10.8 Å². The second kappa shape index (κ2) is 7.12. The third kappa shape index (κ3) is 3.60. The van der Waals surface area contributed by atoms with Crippen molar-refractivity contribution in [3.05, 3.63) is 42.0 Å². The molecule has 22 heavy (non-hydrogen) atoms. The van der Waals surface area contributed by atoms with Gasteiger partial charge in [0, 0.05) is 6.54 Å². The lowest BCUT2D eigenvalue weighted by atomic mass is 9.96. The Balaban J connectivity index is 1.64. The first-order valence-corrected chi connectivity index (χ1v) is 8.22. The van der Waals surface area contributed by atoms with E-state index in [1.54, 1.807) is 7.11 Å². The molecule has 0 saturated carbocycles. The molecule has 0 unspecified atom stereocenters. The van der Waals surface area contributed by atoms with Crippen LogP contribution in [-0.4, -0.2) is 38.7 Å².